The van der Waals surface area contributed by atoms with Crippen molar-refractivity contribution in [2.24, 2.45) is 0 Å². The van der Waals surface area contributed by atoms with Gasteiger partial charge in [-0.2, -0.15) is 0 Å². The van der Waals surface area contributed by atoms with Crippen molar-refractivity contribution in [2.75, 3.05) is 5.32 Å². The van der Waals surface area contributed by atoms with Crippen molar-refractivity contribution in [2.45, 2.75) is 32.1 Å². The summed E-state index contributed by atoms with van der Waals surface area (Å²) in [6, 6.07) is 31.6. The zero-order valence-electron chi connectivity index (χ0n) is 18.1. The molecule has 4 aromatic rings. The van der Waals surface area contributed by atoms with Crippen molar-refractivity contribution < 1.29 is 9.59 Å². The standard InChI is InChI=1S/C29H27NO2/c31-28(21-23-16-17-24-9-5-6-10-26(24)20-23)13-7-4-8-22-14-18-25(19-15-22)29(32)30-27-11-2-1-3-12-27/h1-3,5-6,9-12,14-20H,4,7-8,13,21H2,(H,30,32). The fourth-order valence-electron chi connectivity index (χ4n) is 3.86. The minimum Gasteiger partial charge on any atom is -0.322 e. The Hall–Kier alpha value is -3.72. The molecule has 0 radical (unpaired) electrons. The van der Waals surface area contributed by atoms with E-state index in [-0.39, 0.29) is 11.7 Å². The number of hydrogen-bond acceptors (Lipinski definition) is 2. The van der Waals surface area contributed by atoms with Crippen LogP contribution in [0.15, 0.2) is 97.1 Å². The Bertz CT molecular complexity index is 1200. The molecular formula is C29H27NO2. The topological polar surface area (TPSA) is 46.2 Å². The summed E-state index contributed by atoms with van der Waals surface area (Å²) in [5, 5.41) is 5.28. The molecule has 3 heteroatoms. The van der Waals surface area contributed by atoms with Crippen LogP contribution < -0.4 is 5.32 Å². The van der Waals surface area contributed by atoms with E-state index in [9.17, 15) is 9.59 Å². The molecule has 160 valence electrons. The summed E-state index contributed by atoms with van der Waals surface area (Å²) in [6.07, 6.45) is 3.84. The number of fused-ring (bicyclic) bond motifs is 1. The number of unbranched alkanes of at least 4 members (excludes halogenated alkanes) is 1. The minimum atomic E-state index is -0.109. The third-order valence-corrected chi connectivity index (χ3v) is 5.63. The second-order valence-corrected chi connectivity index (χ2v) is 8.12. The summed E-state index contributed by atoms with van der Waals surface area (Å²) in [4.78, 5) is 24.7. The van der Waals surface area contributed by atoms with Gasteiger partial charge in [0.25, 0.3) is 5.91 Å². The molecule has 1 amide bonds. The lowest BCUT2D eigenvalue weighted by Crippen LogP contribution is -2.11. The van der Waals surface area contributed by atoms with Crippen molar-refractivity contribution in [3.05, 3.63) is 114 Å². The average Bonchev–Trinajstić information content (AvgIpc) is 2.83. The van der Waals surface area contributed by atoms with Gasteiger partial charge in [-0.3, -0.25) is 9.59 Å². The first kappa shape index (κ1) is 21.5. The minimum absolute atomic E-state index is 0.109. The Kier molecular flexibility index (Phi) is 7.08. The van der Waals surface area contributed by atoms with Gasteiger partial charge in [0, 0.05) is 24.1 Å². The summed E-state index contributed by atoms with van der Waals surface area (Å²) in [5.74, 6) is 0.176. The summed E-state index contributed by atoms with van der Waals surface area (Å²) < 4.78 is 0. The third kappa shape index (κ3) is 5.92. The molecule has 0 bridgehead atoms. The predicted molar refractivity (Wildman–Crippen MR) is 131 cm³/mol. The number of carbonyl (C=O) groups excluding carboxylic acids is 2. The number of rotatable bonds is 9. The van der Waals surface area contributed by atoms with Gasteiger partial charge in [-0.1, -0.05) is 72.8 Å². The van der Waals surface area contributed by atoms with E-state index in [2.05, 4.69) is 35.6 Å². The molecule has 0 fully saturated rings. The van der Waals surface area contributed by atoms with E-state index in [0.717, 1.165) is 30.5 Å². The lowest BCUT2D eigenvalue weighted by molar-refractivity contribution is -0.118. The van der Waals surface area contributed by atoms with E-state index in [1.165, 1.54) is 16.3 Å². The molecule has 1 N–H and O–H groups in total. The van der Waals surface area contributed by atoms with E-state index in [4.69, 9.17) is 0 Å². The summed E-state index contributed by atoms with van der Waals surface area (Å²) in [7, 11) is 0. The van der Waals surface area contributed by atoms with Crippen LogP contribution in [0.3, 0.4) is 0 Å². The van der Waals surface area contributed by atoms with Gasteiger partial charge in [-0.15, -0.1) is 0 Å². The zero-order valence-corrected chi connectivity index (χ0v) is 18.1. The maximum atomic E-state index is 12.4. The Balaban J connectivity index is 1.20. The van der Waals surface area contributed by atoms with Crippen LogP contribution in [-0.2, 0) is 17.6 Å². The Morgan fingerprint density at radius 1 is 0.656 bits per heavy atom. The predicted octanol–water partition coefficient (Wildman–Crippen LogP) is 6.62. The second kappa shape index (κ2) is 10.5. The van der Waals surface area contributed by atoms with Crippen LogP contribution in [0.2, 0.25) is 0 Å². The number of aryl methyl sites for hydroxylation is 1. The Morgan fingerprint density at radius 3 is 2.12 bits per heavy atom. The molecule has 32 heavy (non-hydrogen) atoms. The largest absolute Gasteiger partial charge is 0.322 e. The first-order valence-corrected chi connectivity index (χ1v) is 11.1. The lowest BCUT2D eigenvalue weighted by atomic mass is 10.00. The van der Waals surface area contributed by atoms with E-state index in [0.29, 0.717) is 18.4 Å². The zero-order chi connectivity index (χ0) is 22.2. The van der Waals surface area contributed by atoms with Crippen LogP contribution >= 0.6 is 0 Å². The first-order valence-electron chi connectivity index (χ1n) is 11.1. The fraction of sp³-hybridized carbons (Fsp3) is 0.172. The van der Waals surface area contributed by atoms with Gasteiger partial charge in [0.05, 0.1) is 0 Å². The van der Waals surface area contributed by atoms with Gasteiger partial charge in [-0.25, -0.2) is 0 Å². The number of para-hydroxylation sites is 1. The van der Waals surface area contributed by atoms with E-state index < -0.39 is 0 Å². The molecule has 4 rings (SSSR count). The van der Waals surface area contributed by atoms with Gasteiger partial charge in [0.1, 0.15) is 5.78 Å². The maximum absolute atomic E-state index is 12.4. The second-order valence-electron chi connectivity index (χ2n) is 8.12. The van der Waals surface area contributed by atoms with Crippen LogP contribution in [0.4, 0.5) is 5.69 Å². The van der Waals surface area contributed by atoms with Crippen LogP contribution in [-0.4, -0.2) is 11.7 Å². The van der Waals surface area contributed by atoms with Crippen molar-refractivity contribution in [3.63, 3.8) is 0 Å². The quantitative estimate of drug-likeness (QED) is 0.309. The molecule has 4 aromatic carbocycles. The molecule has 0 aliphatic rings. The normalized spacial score (nSPS) is 10.8. The molecule has 0 heterocycles. The molecule has 3 nitrogen and oxygen atoms in total. The van der Waals surface area contributed by atoms with Crippen LogP contribution in [0, 0.1) is 0 Å². The lowest BCUT2D eigenvalue weighted by Gasteiger charge is -2.07. The van der Waals surface area contributed by atoms with E-state index in [1.54, 1.807) is 0 Å². The molecule has 0 aliphatic heterocycles. The first-order chi connectivity index (χ1) is 15.7. The molecule has 0 unspecified atom stereocenters. The highest BCUT2D eigenvalue weighted by molar-refractivity contribution is 6.04. The van der Waals surface area contributed by atoms with Gasteiger partial charge in [-0.05, 0) is 65.4 Å². The van der Waals surface area contributed by atoms with E-state index >= 15 is 0 Å². The molecule has 0 atom stereocenters. The average molecular weight is 422 g/mol. The molecule has 0 spiro atoms. The summed E-state index contributed by atoms with van der Waals surface area (Å²) in [5.41, 5.74) is 3.69. The van der Waals surface area contributed by atoms with Crippen molar-refractivity contribution in [3.8, 4) is 0 Å². The number of amides is 1. The fourth-order valence-corrected chi connectivity index (χ4v) is 3.86. The highest BCUT2D eigenvalue weighted by Crippen LogP contribution is 2.17. The monoisotopic (exact) mass is 421 g/mol. The maximum Gasteiger partial charge on any atom is 0.255 e. The molecule has 0 saturated heterocycles. The summed E-state index contributed by atoms with van der Waals surface area (Å²) in [6.45, 7) is 0. The van der Waals surface area contributed by atoms with Crippen molar-refractivity contribution in [1.29, 1.82) is 0 Å². The highest BCUT2D eigenvalue weighted by atomic mass is 16.1. The number of carbonyl (C=O) groups is 2. The SMILES string of the molecule is O=C(CCCCc1ccc(C(=O)Nc2ccccc2)cc1)Cc1ccc2ccccc2c1. The number of ketones is 1. The Morgan fingerprint density at radius 2 is 1.34 bits per heavy atom. The van der Waals surface area contributed by atoms with E-state index in [1.807, 2.05) is 66.7 Å². The van der Waals surface area contributed by atoms with Gasteiger partial charge < -0.3 is 5.32 Å². The molecule has 0 aromatic heterocycles. The molecule has 0 aliphatic carbocycles. The number of benzene rings is 4. The third-order valence-electron chi connectivity index (χ3n) is 5.63. The van der Waals surface area contributed by atoms with Gasteiger partial charge in [0.2, 0.25) is 0 Å². The van der Waals surface area contributed by atoms with Gasteiger partial charge >= 0.3 is 0 Å². The van der Waals surface area contributed by atoms with Crippen LogP contribution in [0.1, 0.15) is 40.7 Å². The number of hydrogen-bond donors (Lipinski definition) is 1. The number of nitrogens with one attached hydrogen (secondary N) is 1. The summed E-state index contributed by atoms with van der Waals surface area (Å²) >= 11 is 0. The van der Waals surface area contributed by atoms with Crippen LogP contribution in [0.25, 0.3) is 10.8 Å². The van der Waals surface area contributed by atoms with Crippen molar-refractivity contribution >= 4 is 28.2 Å². The Labute approximate surface area is 189 Å². The number of Topliss-reactive ketones (excluding diaryl/α,β-unsaturated/α-hetero) is 1. The molecular weight excluding hydrogens is 394 g/mol. The number of anilines is 1. The van der Waals surface area contributed by atoms with Crippen LogP contribution in [0.5, 0.6) is 0 Å². The smallest absolute Gasteiger partial charge is 0.255 e. The van der Waals surface area contributed by atoms with Crippen molar-refractivity contribution in [1.82, 2.24) is 0 Å². The highest BCUT2D eigenvalue weighted by Gasteiger charge is 2.07. The van der Waals surface area contributed by atoms with Gasteiger partial charge in [0.15, 0.2) is 0 Å². The molecule has 0 saturated carbocycles.